The molecule has 2 unspecified atom stereocenters. The predicted octanol–water partition coefficient (Wildman–Crippen LogP) is 3.34. The summed E-state index contributed by atoms with van der Waals surface area (Å²) in [4.78, 5) is 1.15. The maximum Gasteiger partial charge on any atom is 0.107 e. The zero-order valence-corrected chi connectivity index (χ0v) is 12.7. The number of nitrogens with two attached hydrogens (primary N) is 1. The molecule has 0 radical (unpaired) electrons. The number of hydrogen-bond acceptors (Lipinski definition) is 4. The van der Waals surface area contributed by atoms with Gasteiger partial charge < -0.3 is 15.2 Å². The molecular formula is C12H20BrNO2S. The zero-order chi connectivity index (χ0) is 12.7. The fourth-order valence-electron chi connectivity index (χ4n) is 1.45. The third-order valence-corrected chi connectivity index (χ3v) is 3.97. The third-order valence-electron chi connectivity index (χ3n) is 2.22. The molecule has 0 saturated heterocycles. The summed E-state index contributed by atoms with van der Waals surface area (Å²) in [7, 11) is 0. The zero-order valence-electron chi connectivity index (χ0n) is 10.3. The quantitative estimate of drug-likeness (QED) is 0.747. The third kappa shape index (κ3) is 5.48. The van der Waals surface area contributed by atoms with Crippen molar-refractivity contribution in [2.24, 2.45) is 5.73 Å². The smallest absolute Gasteiger partial charge is 0.107 e. The molecule has 2 atom stereocenters. The molecule has 0 aliphatic heterocycles. The van der Waals surface area contributed by atoms with Gasteiger partial charge >= 0.3 is 0 Å². The maximum absolute atomic E-state index is 5.94. The van der Waals surface area contributed by atoms with Crippen molar-refractivity contribution >= 4 is 27.3 Å². The molecule has 0 fully saturated rings. The molecule has 0 aliphatic rings. The lowest BCUT2D eigenvalue weighted by atomic mass is 10.1. The monoisotopic (exact) mass is 321 g/mol. The van der Waals surface area contributed by atoms with Crippen LogP contribution in [0.1, 0.15) is 31.2 Å². The highest BCUT2D eigenvalue weighted by Gasteiger charge is 2.18. The van der Waals surface area contributed by atoms with E-state index in [1.165, 1.54) is 0 Å². The highest BCUT2D eigenvalue weighted by molar-refractivity contribution is 9.10. The van der Waals surface area contributed by atoms with Gasteiger partial charge in [-0.05, 0) is 35.3 Å². The Hall–Kier alpha value is 0.0600. The van der Waals surface area contributed by atoms with Gasteiger partial charge in [0.1, 0.15) is 6.10 Å². The van der Waals surface area contributed by atoms with E-state index in [-0.39, 0.29) is 12.1 Å². The van der Waals surface area contributed by atoms with Crippen molar-refractivity contribution in [3.63, 3.8) is 0 Å². The Balaban J connectivity index is 2.39. The van der Waals surface area contributed by atoms with Crippen molar-refractivity contribution in [1.29, 1.82) is 0 Å². The average molecular weight is 322 g/mol. The second kappa shape index (κ2) is 8.21. The molecule has 3 nitrogen and oxygen atoms in total. The number of rotatable bonds is 8. The van der Waals surface area contributed by atoms with Crippen molar-refractivity contribution in [3.8, 4) is 0 Å². The molecule has 1 aromatic rings. The van der Waals surface area contributed by atoms with Crippen LogP contribution in [0.5, 0.6) is 0 Å². The van der Waals surface area contributed by atoms with Crippen LogP contribution in [0, 0.1) is 0 Å². The van der Waals surface area contributed by atoms with Crippen LogP contribution >= 0.6 is 27.3 Å². The Kier molecular flexibility index (Phi) is 7.30. The van der Waals surface area contributed by atoms with Crippen LogP contribution < -0.4 is 5.73 Å². The normalized spacial score (nSPS) is 14.8. The van der Waals surface area contributed by atoms with Gasteiger partial charge in [-0.2, -0.15) is 0 Å². The fourth-order valence-corrected chi connectivity index (χ4v) is 3.06. The van der Waals surface area contributed by atoms with E-state index in [9.17, 15) is 0 Å². The van der Waals surface area contributed by atoms with E-state index in [1.54, 1.807) is 11.3 Å². The van der Waals surface area contributed by atoms with Gasteiger partial charge in [-0.15, -0.1) is 11.3 Å². The minimum atomic E-state index is -0.0449. The maximum atomic E-state index is 5.94. The second-order valence-corrected chi connectivity index (χ2v) is 5.79. The van der Waals surface area contributed by atoms with Crippen molar-refractivity contribution < 1.29 is 9.47 Å². The van der Waals surface area contributed by atoms with Crippen molar-refractivity contribution in [1.82, 2.24) is 0 Å². The first-order chi connectivity index (χ1) is 8.15. The van der Waals surface area contributed by atoms with Gasteiger partial charge in [-0.25, -0.2) is 0 Å². The minimum absolute atomic E-state index is 0.0216. The van der Waals surface area contributed by atoms with E-state index in [0.29, 0.717) is 13.2 Å². The van der Waals surface area contributed by atoms with Gasteiger partial charge in [0, 0.05) is 27.4 Å². The van der Waals surface area contributed by atoms with Crippen molar-refractivity contribution in [2.75, 3.05) is 19.8 Å². The Bertz CT molecular complexity index is 317. The molecule has 0 amide bonds. The number of ether oxygens (including phenoxy) is 2. The molecular weight excluding hydrogens is 302 g/mol. The molecule has 0 bridgehead atoms. The van der Waals surface area contributed by atoms with Gasteiger partial charge in [0.05, 0.1) is 13.2 Å². The molecule has 2 N–H and O–H groups in total. The lowest BCUT2D eigenvalue weighted by Gasteiger charge is -2.20. The van der Waals surface area contributed by atoms with Gasteiger partial charge in [-0.1, -0.05) is 6.92 Å². The van der Waals surface area contributed by atoms with Crippen LogP contribution in [0.3, 0.4) is 0 Å². The lowest BCUT2D eigenvalue weighted by Crippen LogP contribution is -2.27. The highest BCUT2D eigenvalue weighted by Crippen LogP contribution is 2.29. The topological polar surface area (TPSA) is 44.5 Å². The van der Waals surface area contributed by atoms with E-state index in [0.717, 1.165) is 22.4 Å². The van der Waals surface area contributed by atoms with Gasteiger partial charge in [0.25, 0.3) is 0 Å². The summed E-state index contributed by atoms with van der Waals surface area (Å²) in [5, 5.41) is 2.04. The van der Waals surface area contributed by atoms with E-state index in [4.69, 9.17) is 15.2 Å². The van der Waals surface area contributed by atoms with Crippen molar-refractivity contribution in [3.05, 3.63) is 20.8 Å². The summed E-state index contributed by atoms with van der Waals surface area (Å²) < 4.78 is 12.2. The average Bonchev–Trinajstić information content (AvgIpc) is 2.69. The van der Waals surface area contributed by atoms with Crippen LogP contribution in [-0.2, 0) is 9.47 Å². The molecule has 17 heavy (non-hydrogen) atoms. The largest absolute Gasteiger partial charge is 0.379 e. The molecule has 1 heterocycles. The van der Waals surface area contributed by atoms with E-state index >= 15 is 0 Å². The van der Waals surface area contributed by atoms with Crippen LogP contribution in [0.4, 0.5) is 0 Å². The highest BCUT2D eigenvalue weighted by atomic mass is 79.9. The van der Waals surface area contributed by atoms with Crippen LogP contribution in [0.2, 0.25) is 0 Å². The summed E-state index contributed by atoms with van der Waals surface area (Å²) >= 11 is 5.10. The summed E-state index contributed by atoms with van der Waals surface area (Å²) in [5.41, 5.74) is 5.94. The van der Waals surface area contributed by atoms with E-state index < -0.39 is 0 Å². The fraction of sp³-hybridized carbons (Fsp3) is 0.667. The van der Waals surface area contributed by atoms with Crippen molar-refractivity contribution in [2.45, 2.75) is 32.4 Å². The van der Waals surface area contributed by atoms with Gasteiger partial charge in [0.15, 0.2) is 0 Å². The predicted molar refractivity (Wildman–Crippen MR) is 75.5 cm³/mol. The summed E-state index contributed by atoms with van der Waals surface area (Å²) in [6.07, 6.45) is 0.991. The Morgan fingerprint density at radius 3 is 2.71 bits per heavy atom. The number of thiophene rings is 1. The molecule has 1 aromatic heterocycles. The first-order valence-corrected chi connectivity index (χ1v) is 7.51. The summed E-state index contributed by atoms with van der Waals surface area (Å²) in [6.45, 7) is 6.06. The Labute approximate surface area is 115 Å². The van der Waals surface area contributed by atoms with Gasteiger partial charge in [-0.3, -0.25) is 0 Å². The minimum Gasteiger partial charge on any atom is -0.379 e. The molecule has 98 valence electrons. The first-order valence-electron chi connectivity index (χ1n) is 5.84. The molecule has 5 heteroatoms. The first kappa shape index (κ1) is 15.1. The number of hydrogen-bond donors (Lipinski definition) is 1. The van der Waals surface area contributed by atoms with E-state index in [1.807, 2.05) is 12.3 Å². The lowest BCUT2D eigenvalue weighted by molar-refractivity contribution is -0.00317. The molecule has 0 saturated carbocycles. The summed E-state index contributed by atoms with van der Waals surface area (Å²) in [5.74, 6) is 0. The standard InChI is InChI=1S/C12H20BrNO2S/c1-3-4-15-5-6-16-12(9(2)14)11-7-10(13)8-17-11/h7-9,12H,3-6,14H2,1-2H3. The SMILES string of the molecule is CCCOCCOC(c1cc(Br)cs1)C(C)N. The molecule has 0 aromatic carbocycles. The van der Waals surface area contributed by atoms with Crippen LogP contribution in [0.15, 0.2) is 15.9 Å². The van der Waals surface area contributed by atoms with E-state index in [2.05, 4.69) is 28.9 Å². The van der Waals surface area contributed by atoms with Gasteiger partial charge in [0.2, 0.25) is 0 Å². The Morgan fingerprint density at radius 1 is 1.41 bits per heavy atom. The molecule has 1 rings (SSSR count). The number of halogens is 1. The Morgan fingerprint density at radius 2 is 2.18 bits per heavy atom. The van der Waals surface area contributed by atoms with Crippen LogP contribution in [0.25, 0.3) is 0 Å². The summed E-state index contributed by atoms with van der Waals surface area (Å²) in [6, 6.07) is 2.04. The second-order valence-electron chi connectivity index (χ2n) is 3.93. The van der Waals surface area contributed by atoms with Crippen LogP contribution in [-0.4, -0.2) is 25.9 Å². The molecule has 0 spiro atoms. The molecule has 0 aliphatic carbocycles.